The molecule has 128 valence electrons. The average Bonchev–Trinajstić information content (AvgIpc) is 2.50. The minimum Gasteiger partial charge on any atom is -0.496 e. The van der Waals surface area contributed by atoms with E-state index in [2.05, 4.69) is 5.32 Å². The predicted molar refractivity (Wildman–Crippen MR) is 91.6 cm³/mol. The average molecular weight is 341 g/mol. The lowest BCUT2D eigenvalue weighted by molar-refractivity contribution is -0.130. The second-order valence-electron chi connectivity index (χ2n) is 5.50. The number of benzene rings is 1. The SMILES string of the molecule is COc1ccc(Cl)cc1CN(C)C(=O)CCCCCNC(C)=O. The van der Waals surface area contributed by atoms with Crippen LogP contribution in [0.1, 0.15) is 38.2 Å². The summed E-state index contributed by atoms with van der Waals surface area (Å²) in [5.74, 6) is 0.798. The van der Waals surface area contributed by atoms with Gasteiger partial charge in [-0.15, -0.1) is 0 Å². The van der Waals surface area contributed by atoms with Gasteiger partial charge in [-0.2, -0.15) is 0 Å². The molecule has 0 radical (unpaired) electrons. The number of carbonyl (C=O) groups is 2. The number of halogens is 1. The molecule has 2 amide bonds. The number of hydrogen-bond donors (Lipinski definition) is 1. The molecule has 1 N–H and O–H groups in total. The monoisotopic (exact) mass is 340 g/mol. The Morgan fingerprint density at radius 3 is 2.65 bits per heavy atom. The van der Waals surface area contributed by atoms with Gasteiger partial charge in [0.1, 0.15) is 5.75 Å². The third kappa shape index (κ3) is 7.37. The molecule has 1 aromatic rings. The van der Waals surface area contributed by atoms with Crippen molar-refractivity contribution in [1.82, 2.24) is 10.2 Å². The zero-order chi connectivity index (χ0) is 17.2. The van der Waals surface area contributed by atoms with Crippen molar-refractivity contribution in [2.45, 2.75) is 39.2 Å². The van der Waals surface area contributed by atoms with E-state index in [0.717, 1.165) is 30.6 Å². The van der Waals surface area contributed by atoms with Crippen LogP contribution in [0.4, 0.5) is 0 Å². The van der Waals surface area contributed by atoms with Crippen molar-refractivity contribution < 1.29 is 14.3 Å². The van der Waals surface area contributed by atoms with Gasteiger partial charge in [0.25, 0.3) is 0 Å². The molecule has 0 atom stereocenters. The van der Waals surface area contributed by atoms with Crippen molar-refractivity contribution in [2.75, 3.05) is 20.7 Å². The molecule has 0 saturated heterocycles. The standard InChI is InChI=1S/C17H25ClN2O3/c1-13(21)19-10-6-4-5-7-17(22)20(2)12-14-11-15(18)8-9-16(14)23-3/h8-9,11H,4-7,10,12H2,1-3H3,(H,19,21). The van der Waals surface area contributed by atoms with Crippen LogP contribution in [0, 0.1) is 0 Å². The topological polar surface area (TPSA) is 58.6 Å². The first-order valence-electron chi connectivity index (χ1n) is 7.75. The van der Waals surface area contributed by atoms with Gasteiger partial charge in [0.15, 0.2) is 0 Å². The van der Waals surface area contributed by atoms with Crippen LogP contribution in [0.3, 0.4) is 0 Å². The van der Waals surface area contributed by atoms with Gasteiger partial charge in [0.2, 0.25) is 11.8 Å². The second kappa shape index (κ2) is 10.1. The molecular weight excluding hydrogens is 316 g/mol. The molecule has 0 saturated carbocycles. The third-order valence-electron chi connectivity index (χ3n) is 3.52. The minimum atomic E-state index is -0.0173. The maximum absolute atomic E-state index is 12.2. The van der Waals surface area contributed by atoms with Gasteiger partial charge in [-0.1, -0.05) is 18.0 Å². The van der Waals surface area contributed by atoms with Crippen LogP contribution in [0.2, 0.25) is 5.02 Å². The molecule has 5 nitrogen and oxygen atoms in total. The number of unbranched alkanes of at least 4 members (excludes halogenated alkanes) is 2. The predicted octanol–water partition coefficient (Wildman–Crippen LogP) is 3.00. The lowest BCUT2D eigenvalue weighted by Crippen LogP contribution is -2.26. The molecule has 0 aliphatic carbocycles. The highest BCUT2D eigenvalue weighted by Gasteiger charge is 2.12. The lowest BCUT2D eigenvalue weighted by atomic mass is 10.1. The number of carbonyl (C=O) groups excluding carboxylic acids is 2. The number of methoxy groups -OCH3 is 1. The van der Waals surface area contributed by atoms with E-state index in [1.165, 1.54) is 6.92 Å². The first-order chi connectivity index (χ1) is 10.9. The van der Waals surface area contributed by atoms with Gasteiger partial charge in [-0.25, -0.2) is 0 Å². The number of ether oxygens (including phenoxy) is 1. The van der Waals surface area contributed by atoms with E-state index >= 15 is 0 Å². The van der Waals surface area contributed by atoms with E-state index in [0.29, 0.717) is 24.5 Å². The highest BCUT2D eigenvalue weighted by atomic mass is 35.5. The van der Waals surface area contributed by atoms with Crippen molar-refractivity contribution in [1.29, 1.82) is 0 Å². The largest absolute Gasteiger partial charge is 0.496 e. The number of hydrogen-bond acceptors (Lipinski definition) is 3. The molecule has 1 rings (SSSR count). The van der Waals surface area contributed by atoms with Crippen molar-refractivity contribution in [3.8, 4) is 5.75 Å². The van der Waals surface area contributed by atoms with Gasteiger partial charge < -0.3 is 15.0 Å². The van der Waals surface area contributed by atoms with Crippen molar-refractivity contribution in [3.63, 3.8) is 0 Å². The summed E-state index contributed by atoms with van der Waals surface area (Å²) in [4.78, 5) is 24.6. The maximum atomic E-state index is 12.2. The fourth-order valence-corrected chi connectivity index (χ4v) is 2.44. The van der Waals surface area contributed by atoms with Crippen LogP contribution in [0.25, 0.3) is 0 Å². The molecule has 0 aliphatic rings. The van der Waals surface area contributed by atoms with Crippen LogP contribution in [-0.4, -0.2) is 37.4 Å². The Morgan fingerprint density at radius 1 is 1.26 bits per heavy atom. The van der Waals surface area contributed by atoms with E-state index < -0.39 is 0 Å². The van der Waals surface area contributed by atoms with Gasteiger partial charge in [0, 0.05) is 44.1 Å². The van der Waals surface area contributed by atoms with E-state index in [1.807, 2.05) is 6.07 Å². The Hall–Kier alpha value is -1.75. The van der Waals surface area contributed by atoms with Crippen LogP contribution < -0.4 is 10.1 Å². The molecule has 0 heterocycles. The molecule has 6 heteroatoms. The Morgan fingerprint density at radius 2 is 2.00 bits per heavy atom. The Labute approximate surface area is 142 Å². The van der Waals surface area contributed by atoms with Gasteiger partial charge >= 0.3 is 0 Å². The Balaban J connectivity index is 2.37. The summed E-state index contributed by atoms with van der Waals surface area (Å²) in [5.41, 5.74) is 0.890. The van der Waals surface area contributed by atoms with E-state index in [9.17, 15) is 9.59 Å². The number of nitrogens with zero attached hydrogens (tertiary/aromatic N) is 1. The molecule has 23 heavy (non-hydrogen) atoms. The Kier molecular flexibility index (Phi) is 8.48. The molecule has 0 unspecified atom stereocenters. The quantitative estimate of drug-likeness (QED) is 0.703. The summed E-state index contributed by atoms with van der Waals surface area (Å²) >= 11 is 6.00. The fourth-order valence-electron chi connectivity index (χ4n) is 2.25. The van der Waals surface area contributed by atoms with Gasteiger partial charge in [-0.05, 0) is 31.0 Å². The van der Waals surface area contributed by atoms with Crippen molar-refractivity contribution in [2.24, 2.45) is 0 Å². The summed E-state index contributed by atoms with van der Waals surface area (Å²) < 4.78 is 5.29. The summed E-state index contributed by atoms with van der Waals surface area (Å²) in [5, 5.41) is 3.37. The van der Waals surface area contributed by atoms with Crippen molar-refractivity contribution >= 4 is 23.4 Å². The van der Waals surface area contributed by atoms with E-state index in [1.54, 1.807) is 31.2 Å². The Bertz CT molecular complexity index is 535. The summed E-state index contributed by atoms with van der Waals surface area (Å²) in [6, 6.07) is 5.39. The molecular formula is C17H25ClN2O3. The van der Waals surface area contributed by atoms with Crippen molar-refractivity contribution in [3.05, 3.63) is 28.8 Å². The first-order valence-corrected chi connectivity index (χ1v) is 8.12. The molecule has 0 spiro atoms. The van der Waals surface area contributed by atoms with Crippen LogP contribution in [0.5, 0.6) is 5.75 Å². The second-order valence-corrected chi connectivity index (χ2v) is 5.94. The normalized spacial score (nSPS) is 10.3. The number of amides is 2. The number of rotatable bonds is 9. The molecule has 0 fully saturated rings. The zero-order valence-corrected chi connectivity index (χ0v) is 14.8. The smallest absolute Gasteiger partial charge is 0.222 e. The summed E-state index contributed by atoms with van der Waals surface area (Å²) in [7, 11) is 3.38. The first kappa shape index (κ1) is 19.3. The fraction of sp³-hybridized carbons (Fsp3) is 0.529. The molecule has 1 aromatic carbocycles. The minimum absolute atomic E-state index is 0.0173. The summed E-state index contributed by atoms with van der Waals surface area (Å²) in [6.45, 7) is 2.64. The number of nitrogens with one attached hydrogen (secondary N) is 1. The van der Waals surface area contributed by atoms with Crippen LogP contribution in [-0.2, 0) is 16.1 Å². The highest BCUT2D eigenvalue weighted by molar-refractivity contribution is 6.30. The molecule has 0 aromatic heterocycles. The lowest BCUT2D eigenvalue weighted by Gasteiger charge is -2.19. The highest BCUT2D eigenvalue weighted by Crippen LogP contribution is 2.24. The molecule has 0 bridgehead atoms. The van der Waals surface area contributed by atoms with Crippen LogP contribution in [0.15, 0.2) is 18.2 Å². The van der Waals surface area contributed by atoms with E-state index in [4.69, 9.17) is 16.3 Å². The third-order valence-corrected chi connectivity index (χ3v) is 3.75. The van der Waals surface area contributed by atoms with Gasteiger partial charge in [0.05, 0.1) is 7.11 Å². The zero-order valence-electron chi connectivity index (χ0n) is 14.0. The van der Waals surface area contributed by atoms with E-state index in [-0.39, 0.29) is 11.8 Å². The summed E-state index contributed by atoms with van der Waals surface area (Å²) in [6.07, 6.45) is 3.12. The molecule has 0 aliphatic heterocycles. The maximum Gasteiger partial charge on any atom is 0.222 e. The van der Waals surface area contributed by atoms with Crippen LogP contribution >= 0.6 is 11.6 Å². The van der Waals surface area contributed by atoms with Gasteiger partial charge in [-0.3, -0.25) is 9.59 Å².